The van der Waals surface area contributed by atoms with Gasteiger partial charge in [-0.2, -0.15) is 0 Å². The highest BCUT2D eigenvalue weighted by Gasteiger charge is 2.11. The molecule has 1 atom stereocenters. The first kappa shape index (κ1) is 10.9. The lowest BCUT2D eigenvalue weighted by atomic mass is 10.2. The van der Waals surface area contributed by atoms with Gasteiger partial charge in [0, 0.05) is 18.0 Å². The van der Waals surface area contributed by atoms with Gasteiger partial charge in [0.05, 0.1) is 0 Å². The molecular formula is C8H13N3O2S. The van der Waals surface area contributed by atoms with Gasteiger partial charge in [-0.05, 0) is 13.3 Å². The number of aliphatic hydroxyl groups is 1. The molecule has 0 bridgehead atoms. The SMILES string of the molecule is CC(CCO)NC(=O)c1csc(N)n1. The van der Waals surface area contributed by atoms with Crippen LogP contribution in [0.1, 0.15) is 23.8 Å². The highest BCUT2D eigenvalue weighted by atomic mass is 32.1. The van der Waals surface area contributed by atoms with Crippen molar-refractivity contribution < 1.29 is 9.90 Å². The Balaban J connectivity index is 2.50. The van der Waals surface area contributed by atoms with Crippen LogP contribution < -0.4 is 11.1 Å². The molecule has 0 spiro atoms. The van der Waals surface area contributed by atoms with E-state index in [0.29, 0.717) is 17.2 Å². The number of nitrogen functional groups attached to an aromatic ring is 1. The molecule has 1 unspecified atom stereocenters. The molecule has 1 aromatic rings. The number of aromatic nitrogens is 1. The smallest absolute Gasteiger partial charge is 0.271 e. The molecule has 0 aliphatic heterocycles. The average Bonchev–Trinajstić information content (AvgIpc) is 2.52. The molecule has 4 N–H and O–H groups in total. The molecule has 1 aromatic heterocycles. The Bertz CT molecular complexity index is 313. The molecule has 5 nitrogen and oxygen atoms in total. The van der Waals surface area contributed by atoms with Crippen molar-refractivity contribution in [1.82, 2.24) is 10.3 Å². The molecule has 1 heterocycles. The van der Waals surface area contributed by atoms with Crippen molar-refractivity contribution in [2.45, 2.75) is 19.4 Å². The van der Waals surface area contributed by atoms with E-state index in [9.17, 15) is 4.79 Å². The zero-order valence-corrected chi connectivity index (χ0v) is 8.67. The third-order valence-corrected chi connectivity index (χ3v) is 2.37. The van der Waals surface area contributed by atoms with Crippen molar-refractivity contribution in [2.75, 3.05) is 12.3 Å². The number of nitrogens with one attached hydrogen (secondary N) is 1. The Morgan fingerprint density at radius 2 is 2.57 bits per heavy atom. The summed E-state index contributed by atoms with van der Waals surface area (Å²) in [5.41, 5.74) is 5.72. The van der Waals surface area contributed by atoms with Gasteiger partial charge in [0.25, 0.3) is 5.91 Å². The van der Waals surface area contributed by atoms with Gasteiger partial charge in [0.15, 0.2) is 5.13 Å². The van der Waals surface area contributed by atoms with Crippen LogP contribution in [0.5, 0.6) is 0 Å². The van der Waals surface area contributed by atoms with Crippen molar-refractivity contribution in [3.63, 3.8) is 0 Å². The minimum absolute atomic E-state index is 0.0562. The van der Waals surface area contributed by atoms with Crippen LogP contribution in [0.4, 0.5) is 5.13 Å². The third-order valence-electron chi connectivity index (χ3n) is 1.69. The molecule has 14 heavy (non-hydrogen) atoms. The summed E-state index contributed by atoms with van der Waals surface area (Å²) in [5.74, 6) is -0.251. The predicted octanol–water partition coefficient (Wildman–Crippen LogP) is 0.226. The molecule has 0 radical (unpaired) electrons. The van der Waals surface area contributed by atoms with E-state index in [2.05, 4.69) is 10.3 Å². The molecule has 0 aromatic carbocycles. The van der Waals surface area contributed by atoms with Gasteiger partial charge in [-0.15, -0.1) is 11.3 Å². The topological polar surface area (TPSA) is 88.2 Å². The van der Waals surface area contributed by atoms with Crippen molar-refractivity contribution in [3.05, 3.63) is 11.1 Å². The first-order valence-corrected chi connectivity index (χ1v) is 5.14. The zero-order valence-electron chi connectivity index (χ0n) is 7.86. The van der Waals surface area contributed by atoms with Crippen LogP contribution in [0.2, 0.25) is 0 Å². The predicted molar refractivity (Wildman–Crippen MR) is 55.2 cm³/mol. The van der Waals surface area contributed by atoms with E-state index in [1.54, 1.807) is 5.38 Å². The number of aliphatic hydroxyl groups excluding tert-OH is 1. The first-order valence-electron chi connectivity index (χ1n) is 4.26. The molecule has 0 fully saturated rings. The number of anilines is 1. The summed E-state index contributed by atoms with van der Waals surface area (Å²) >= 11 is 1.23. The second-order valence-corrected chi connectivity index (χ2v) is 3.85. The Hall–Kier alpha value is -1.14. The molecule has 6 heteroatoms. The number of hydrogen-bond donors (Lipinski definition) is 3. The fraction of sp³-hybridized carbons (Fsp3) is 0.500. The lowest BCUT2D eigenvalue weighted by Gasteiger charge is -2.10. The van der Waals surface area contributed by atoms with E-state index >= 15 is 0 Å². The number of carbonyl (C=O) groups is 1. The summed E-state index contributed by atoms with van der Waals surface area (Å²) < 4.78 is 0. The van der Waals surface area contributed by atoms with Crippen LogP contribution in [0.25, 0.3) is 0 Å². The molecule has 1 rings (SSSR count). The van der Waals surface area contributed by atoms with Gasteiger partial charge >= 0.3 is 0 Å². The fourth-order valence-electron chi connectivity index (χ4n) is 0.955. The highest BCUT2D eigenvalue weighted by molar-refractivity contribution is 7.13. The molecule has 0 aliphatic carbocycles. The molecule has 1 amide bonds. The average molecular weight is 215 g/mol. The van der Waals surface area contributed by atoms with Crippen molar-refractivity contribution in [1.29, 1.82) is 0 Å². The lowest BCUT2D eigenvalue weighted by molar-refractivity contribution is 0.0930. The number of rotatable bonds is 4. The van der Waals surface area contributed by atoms with Crippen LogP contribution in [-0.2, 0) is 0 Å². The second-order valence-electron chi connectivity index (χ2n) is 2.96. The highest BCUT2D eigenvalue weighted by Crippen LogP contribution is 2.10. The second kappa shape index (κ2) is 4.92. The largest absolute Gasteiger partial charge is 0.396 e. The summed E-state index contributed by atoms with van der Waals surface area (Å²) in [5, 5.41) is 13.3. The number of amides is 1. The van der Waals surface area contributed by atoms with Crippen molar-refractivity contribution in [3.8, 4) is 0 Å². The minimum Gasteiger partial charge on any atom is -0.396 e. The van der Waals surface area contributed by atoms with E-state index in [4.69, 9.17) is 10.8 Å². The Labute approximate surface area is 86.0 Å². The van der Waals surface area contributed by atoms with E-state index in [0.717, 1.165) is 0 Å². The van der Waals surface area contributed by atoms with E-state index < -0.39 is 0 Å². The van der Waals surface area contributed by atoms with Crippen molar-refractivity contribution >= 4 is 22.4 Å². The maximum absolute atomic E-state index is 11.4. The third kappa shape index (κ3) is 2.97. The standard InChI is InChI=1S/C8H13N3O2S/c1-5(2-3-12)10-7(13)6-4-14-8(9)11-6/h4-5,12H,2-3H2,1H3,(H2,9,11)(H,10,13). The van der Waals surface area contributed by atoms with Gasteiger partial charge in [-0.3, -0.25) is 4.79 Å². The van der Waals surface area contributed by atoms with E-state index in [1.165, 1.54) is 11.3 Å². The van der Waals surface area contributed by atoms with Gasteiger partial charge in [0.2, 0.25) is 0 Å². The van der Waals surface area contributed by atoms with Gasteiger partial charge < -0.3 is 16.2 Å². The van der Waals surface area contributed by atoms with Crippen LogP contribution in [0.3, 0.4) is 0 Å². The Morgan fingerprint density at radius 3 is 3.07 bits per heavy atom. The monoisotopic (exact) mass is 215 g/mol. The molecule has 78 valence electrons. The van der Waals surface area contributed by atoms with Crippen LogP contribution in [0.15, 0.2) is 5.38 Å². The van der Waals surface area contributed by atoms with Crippen LogP contribution >= 0.6 is 11.3 Å². The van der Waals surface area contributed by atoms with Gasteiger partial charge in [-0.25, -0.2) is 4.98 Å². The maximum atomic E-state index is 11.4. The number of nitrogens with zero attached hydrogens (tertiary/aromatic N) is 1. The maximum Gasteiger partial charge on any atom is 0.271 e. The number of thiazole rings is 1. The van der Waals surface area contributed by atoms with Crippen LogP contribution in [0, 0.1) is 0 Å². The molecule has 0 aliphatic rings. The summed E-state index contributed by atoms with van der Waals surface area (Å²) in [4.78, 5) is 15.3. The quantitative estimate of drug-likeness (QED) is 0.670. The zero-order chi connectivity index (χ0) is 10.6. The summed E-state index contributed by atoms with van der Waals surface area (Å²) in [6.07, 6.45) is 0.533. The van der Waals surface area contributed by atoms with E-state index in [1.807, 2.05) is 6.92 Å². The normalized spacial score (nSPS) is 12.4. The van der Waals surface area contributed by atoms with E-state index in [-0.39, 0.29) is 18.6 Å². The lowest BCUT2D eigenvalue weighted by Crippen LogP contribution is -2.33. The summed E-state index contributed by atoms with van der Waals surface area (Å²) in [6, 6.07) is -0.0598. The molecular weight excluding hydrogens is 202 g/mol. The van der Waals surface area contributed by atoms with Crippen LogP contribution in [-0.4, -0.2) is 28.6 Å². The summed E-state index contributed by atoms with van der Waals surface area (Å²) in [6.45, 7) is 1.88. The fourth-order valence-corrected chi connectivity index (χ4v) is 1.50. The Kier molecular flexibility index (Phi) is 3.84. The van der Waals surface area contributed by atoms with Crippen molar-refractivity contribution in [2.24, 2.45) is 0 Å². The number of carbonyl (C=O) groups excluding carboxylic acids is 1. The molecule has 0 saturated carbocycles. The Morgan fingerprint density at radius 1 is 1.86 bits per heavy atom. The van der Waals surface area contributed by atoms with Gasteiger partial charge in [0.1, 0.15) is 5.69 Å². The number of hydrogen-bond acceptors (Lipinski definition) is 5. The van der Waals surface area contributed by atoms with Gasteiger partial charge in [-0.1, -0.05) is 0 Å². The first-order chi connectivity index (χ1) is 6.63. The molecule has 0 saturated heterocycles. The summed E-state index contributed by atoms with van der Waals surface area (Å²) in [7, 11) is 0. The minimum atomic E-state index is -0.251. The number of nitrogens with two attached hydrogens (primary N) is 1.